The second kappa shape index (κ2) is 1.97. The van der Waals surface area contributed by atoms with Crippen molar-refractivity contribution in [2.45, 2.75) is 24.4 Å². The van der Waals surface area contributed by atoms with Crippen LogP contribution in [0, 0.1) is 0 Å². The van der Waals surface area contributed by atoms with Crippen LogP contribution in [0.5, 0.6) is 0 Å². The number of carbonyl (C=O) groups excluding carboxylic acids is 1. The summed E-state index contributed by atoms with van der Waals surface area (Å²) in [5.74, 6) is 6.20. The molecular weight excluding hydrogens is 155 g/mol. The quantitative estimate of drug-likeness (QED) is 0.540. The molecule has 44 valence electrons. The molecule has 0 aromatic carbocycles. The van der Waals surface area contributed by atoms with Gasteiger partial charge in [0.05, 0.1) is 0 Å². The molecule has 0 atom stereocenters. The summed E-state index contributed by atoms with van der Waals surface area (Å²) in [7, 11) is 0. The summed E-state index contributed by atoms with van der Waals surface area (Å²) in [6.07, 6.45) is 0. The van der Waals surface area contributed by atoms with Crippen LogP contribution >= 0.6 is 0 Å². The Balaban J connectivity index is 3.79. The third-order valence-corrected chi connectivity index (χ3v) is 4.48. The molecule has 2 heteroatoms. The van der Waals surface area contributed by atoms with Crippen LogP contribution in [0.2, 0.25) is 17.5 Å². The van der Waals surface area contributed by atoms with Crippen LogP contribution in [0.4, 0.5) is 0 Å². The molecule has 0 unspecified atom stereocenters. The summed E-state index contributed by atoms with van der Waals surface area (Å²) in [4.78, 5) is 10.5. The molecule has 0 aliphatic rings. The molecule has 0 heterocycles. The van der Waals surface area contributed by atoms with Crippen molar-refractivity contribution in [1.82, 2.24) is 0 Å². The predicted molar refractivity (Wildman–Crippen MR) is 34.0 cm³/mol. The Bertz CT molecular complexity index is 80.6. The molecule has 0 bridgehead atoms. The van der Waals surface area contributed by atoms with Crippen molar-refractivity contribution in [3.05, 3.63) is 0 Å². The second-order valence-electron chi connectivity index (χ2n) is 2.33. The summed E-state index contributed by atoms with van der Waals surface area (Å²) in [5, 5.41) is 0. The van der Waals surface area contributed by atoms with E-state index in [-0.39, 0.29) is 0 Å². The molecule has 0 fully saturated rings. The molecule has 0 aromatic heterocycles. The van der Waals surface area contributed by atoms with Gasteiger partial charge < -0.3 is 0 Å². The third kappa shape index (κ3) is 2.84. The summed E-state index contributed by atoms with van der Waals surface area (Å²) < 4.78 is 0.399. The SMILES string of the molecule is CC(=O)[Se](C)(C)C. The maximum absolute atomic E-state index is 10.5. The molecule has 0 amide bonds. The minimum absolute atomic E-state index is 0.399. The Kier molecular flexibility index (Phi) is 2.03. The van der Waals surface area contributed by atoms with E-state index in [1.807, 2.05) is 0 Å². The molecule has 0 aliphatic heterocycles. The van der Waals surface area contributed by atoms with Crippen molar-refractivity contribution < 1.29 is 4.79 Å². The standard InChI is InChI=1S/C5H12OSe/c1-5(6)7(2,3)4/h1-4H3. The Morgan fingerprint density at radius 1 is 1.29 bits per heavy atom. The topological polar surface area (TPSA) is 17.1 Å². The first kappa shape index (κ1) is 7.19. The second-order valence-corrected chi connectivity index (χ2v) is 11.2. The van der Waals surface area contributed by atoms with E-state index in [9.17, 15) is 4.79 Å². The van der Waals surface area contributed by atoms with Crippen molar-refractivity contribution in [1.29, 1.82) is 0 Å². The van der Waals surface area contributed by atoms with Crippen LogP contribution in [0.15, 0.2) is 0 Å². The molecule has 1 nitrogen and oxygen atoms in total. The molecule has 0 N–H and O–H groups in total. The van der Waals surface area contributed by atoms with E-state index in [2.05, 4.69) is 17.5 Å². The number of carbonyl (C=O) groups is 1. The van der Waals surface area contributed by atoms with Crippen molar-refractivity contribution in [2.24, 2.45) is 0 Å². The first-order valence-corrected chi connectivity index (χ1v) is 8.13. The molecule has 0 saturated heterocycles. The number of rotatable bonds is 1. The van der Waals surface area contributed by atoms with Crippen molar-refractivity contribution in [2.75, 3.05) is 0 Å². The molecule has 0 spiro atoms. The van der Waals surface area contributed by atoms with Crippen LogP contribution in [0.25, 0.3) is 0 Å². The summed E-state index contributed by atoms with van der Waals surface area (Å²) in [6.45, 7) is 1.68. The normalized spacial score (nSPS) is 13.7. The van der Waals surface area contributed by atoms with Crippen molar-refractivity contribution in [3.63, 3.8) is 0 Å². The predicted octanol–water partition coefficient (Wildman–Crippen LogP) is 1.45. The number of hydrogen-bond donors (Lipinski definition) is 0. The van der Waals surface area contributed by atoms with Gasteiger partial charge in [-0.05, 0) is 0 Å². The molecule has 0 aliphatic carbocycles. The zero-order valence-electron chi connectivity index (χ0n) is 5.32. The van der Waals surface area contributed by atoms with Gasteiger partial charge in [0.1, 0.15) is 0 Å². The van der Waals surface area contributed by atoms with E-state index in [1.54, 1.807) is 6.92 Å². The van der Waals surface area contributed by atoms with Gasteiger partial charge in [0, 0.05) is 0 Å². The van der Waals surface area contributed by atoms with E-state index in [4.69, 9.17) is 0 Å². The molecule has 0 aromatic rings. The van der Waals surface area contributed by atoms with Gasteiger partial charge in [-0.1, -0.05) is 0 Å². The van der Waals surface area contributed by atoms with Crippen LogP contribution in [0.3, 0.4) is 0 Å². The molecule has 0 radical (unpaired) electrons. The zero-order chi connectivity index (χ0) is 6.08. The fraction of sp³-hybridized carbons (Fsp3) is 0.800. The maximum atomic E-state index is 10.5. The van der Waals surface area contributed by atoms with Gasteiger partial charge in [0.2, 0.25) is 0 Å². The van der Waals surface area contributed by atoms with E-state index >= 15 is 0 Å². The van der Waals surface area contributed by atoms with Crippen LogP contribution in [-0.4, -0.2) is 17.5 Å². The molecule has 0 rings (SSSR count). The monoisotopic (exact) mass is 168 g/mol. The van der Waals surface area contributed by atoms with E-state index in [1.165, 1.54) is 0 Å². The summed E-state index contributed by atoms with van der Waals surface area (Å²) in [5.41, 5.74) is 0. The van der Waals surface area contributed by atoms with Gasteiger partial charge in [0.15, 0.2) is 0 Å². The average molecular weight is 167 g/mol. The Hall–Kier alpha value is 0.189. The fourth-order valence-electron chi connectivity index (χ4n) is 0. The fourth-order valence-corrected chi connectivity index (χ4v) is 0. The first-order valence-electron chi connectivity index (χ1n) is 2.13. The zero-order valence-corrected chi connectivity index (χ0v) is 7.03. The van der Waals surface area contributed by atoms with Gasteiger partial charge in [-0.2, -0.15) is 0 Å². The van der Waals surface area contributed by atoms with Gasteiger partial charge >= 0.3 is 46.7 Å². The number of hydrogen-bond acceptors (Lipinski definition) is 1. The van der Waals surface area contributed by atoms with Gasteiger partial charge in [-0.25, -0.2) is 0 Å². The van der Waals surface area contributed by atoms with Crippen LogP contribution in [-0.2, 0) is 4.79 Å². The van der Waals surface area contributed by atoms with Crippen LogP contribution < -0.4 is 0 Å². The minimum atomic E-state index is -1.53. The molecule has 7 heavy (non-hydrogen) atoms. The molecule has 0 saturated carbocycles. The Morgan fingerprint density at radius 3 is 1.43 bits per heavy atom. The molecular formula is C5H12OSe. The first-order chi connectivity index (χ1) is 2.94. The van der Waals surface area contributed by atoms with E-state index in [0.717, 1.165) is 0 Å². The summed E-state index contributed by atoms with van der Waals surface area (Å²) >= 11 is -1.53. The van der Waals surface area contributed by atoms with Crippen LogP contribution in [0.1, 0.15) is 6.92 Å². The summed E-state index contributed by atoms with van der Waals surface area (Å²) in [6, 6.07) is 0. The van der Waals surface area contributed by atoms with Crippen molar-refractivity contribution in [3.8, 4) is 0 Å². The average Bonchev–Trinajstić information content (AvgIpc) is 1.31. The third-order valence-electron chi connectivity index (χ3n) is 0.862. The van der Waals surface area contributed by atoms with Gasteiger partial charge in [-0.15, -0.1) is 0 Å². The van der Waals surface area contributed by atoms with E-state index < -0.39 is 12.8 Å². The Labute approximate surface area is 47.3 Å². The Morgan fingerprint density at radius 2 is 1.43 bits per heavy atom. The van der Waals surface area contributed by atoms with Gasteiger partial charge in [-0.3, -0.25) is 0 Å². The van der Waals surface area contributed by atoms with Gasteiger partial charge in [0.25, 0.3) is 0 Å². The van der Waals surface area contributed by atoms with Crippen molar-refractivity contribution >= 4 is 17.5 Å². The van der Waals surface area contributed by atoms with E-state index in [0.29, 0.717) is 4.68 Å².